The van der Waals surface area contributed by atoms with Crippen LogP contribution in [0.2, 0.25) is 0 Å². The Morgan fingerprint density at radius 3 is 2.37 bits per heavy atom. The molecule has 1 N–H and O–H groups in total. The molecule has 0 aliphatic carbocycles. The third-order valence-corrected chi connectivity index (χ3v) is 4.62. The first-order valence-electron chi connectivity index (χ1n) is 9.09. The molecule has 1 aromatic heterocycles. The summed E-state index contributed by atoms with van der Waals surface area (Å²) in [5.74, 6) is -0.0212. The summed E-state index contributed by atoms with van der Waals surface area (Å²) in [4.78, 5) is 14.3. The Hall–Kier alpha value is -2.92. The number of hydrogen-bond acceptors (Lipinski definition) is 3. The van der Waals surface area contributed by atoms with Crippen LogP contribution in [0.25, 0.3) is 5.69 Å². The second-order valence-corrected chi connectivity index (χ2v) is 6.98. The van der Waals surface area contributed by atoms with Crippen molar-refractivity contribution in [2.24, 2.45) is 0 Å². The van der Waals surface area contributed by atoms with Crippen molar-refractivity contribution >= 4 is 11.6 Å². The number of amides is 1. The first-order chi connectivity index (χ1) is 12.9. The predicted molar refractivity (Wildman–Crippen MR) is 109 cm³/mol. The Balaban J connectivity index is 1.65. The summed E-state index contributed by atoms with van der Waals surface area (Å²) in [6.45, 7) is 7.11. The van der Waals surface area contributed by atoms with E-state index in [4.69, 9.17) is 0 Å². The van der Waals surface area contributed by atoms with Crippen molar-refractivity contribution in [3.63, 3.8) is 0 Å². The summed E-state index contributed by atoms with van der Waals surface area (Å²) in [5.41, 5.74) is 6.29. The lowest BCUT2D eigenvalue weighted by Gasteiger charge is -2.17. The number of nitrogens with zero attached hydrogens (tertiary/aromatic N) is 3. The molecule has 0 bridgehead atoms. The maximum atomic E-state index is 12.3. The van der Waals surface area contributed by atoms with Crippen molar-refractivity contribution in [1.82, 2.24) is 14.7 Å². The summed E-state index contributed by atoms with van der Waals surface area (Å²) < 4.78 is 1.96. The molecule has 27 heavy (non-hydrogen) atoms. The number of benzene rings is 2. The molecule has 1 amide bonds. The van der Waals surface area contributed by atoms with Gasteiger partial charge in [0.15, 0.2) is 0 Å². The molecule has 140 valence electrons. The molecule has 0 fully saturated rings. The average Bonchev–Trinajstić information content (AvgIpc) is 2.92. The number of para-hydroxylation sites is 1. The Morgan fingerprint density at radius 2 is 1.70 bits per heavy atom. The molecule has 0 saturated carbocycles. The maximum Gasteiger partial charge on any atom is 0.238 e. The fourth-order valence-corrected chi connectivity index (χ4v) is 3.13. The maximum absolute atomic E-state index is 12.3. The van der Waals surface area contributed by atoms with Crippen LogP contribution in [0.1, 0.15) is 22.5 Å². The number of carbonyl (C=O) groups excluding carboxylic acids is 1. The van der Waals surface area contributed by atoms with E-state index in [0.29, 0.717) is 13.1 Å². The number of carbonyl (C=O) groups is 1. The van der Waals surface area contributed by atoms with E-state index in [1.54, 1.807) is 0 Å². The van der Waals surface area contributed by atoms with E-state index in [-0.39, 0.29) is 5.91 Å². The zero-order valence-corrected chi connectivity index (χ0v) is 16.4. The zero-order valence-electron chi connectivity index (χ0n) is 16.4. The summed E-state index contributed by atoms with van der Waals surface area (Å²) in [6.07, 6.45) is 0. The molecule has 2 aromatic carbocycles. The Labute approximate surface area is 160 Å². The fraction of sp³-hybridized carbons (Fsp3) is 0.273. The number of likely N-dealkylation sites (N-methyl/N-ethyl adjacent to an activating group) is 1. The Kier molecular flexibility index (Phi) is 5.72. The quantitative estimate of drug-likeness (QED) is 0.724. The van der Waals surface area contributed by atoms with Crippen LogP contribution >= 0.6 is 0 Å². The van der Waals surface area contributed by atoms with Crippen LogP contribution in [0, 0.1) is 20.8 Å². The molecule has 5 nitrogen and oxygen atoms in total. The van der Waals surface area contributed by atoms with Gasteiger partial charge in [0.05, 0.1) is 17.9 Å². The van der Waals surface area contributed by atoms with Crippen molar-refractivity contribution in [2.45, 2.75) is 27.3 Å². The largest absolute Gasteiger partial charge is 0.325 e. The molecule has 5 heteroatoms. The number of anilines is 1. The van der Waals surface area contributed by atoms with Gasteiger partial charge < -0.3 is 5.32 Å². The highest BCUT2D eigenvalue weighted by molar-refractivity contribution is 5.92. The molecule has 0 spiro atoms. The minimum absolute atomic E-state index is 0.0212. The van der Waals surface area contributed by atoms with Crippen LogP contribution in [0.5, 0.6) is 0 Å². The van der Waals surface area contributed by atoms with Crippen molar-refractivity contribution in [2.75, 3.05) is 18.9 Å². The monoisotopic (exact) mass is 362 g/mol. The van der Waals surface area contributed by atoms with E-state index in [9.17, 15) is 4.79 Å². The highest BCUT2D eigenvalue weighted by Gasteiger charge is 2.16. The van der Waals surface area contributed by atoms with Gasteiger partial charge >= 0.3 is 0 Å². The third kappa shape index (κ3) is 4.63. The standard InChI is InChI=1S/C22H26N4O/c1-16-10-12-19(13-11-16)23-22(27)15-25(4)14-21-17(2)24-26(18(21)3)20-8-6-5-7-9-20/h5-13H,14-15H2,1-4H3,(H,23,27). The summed E-state index contributed by atoms with van der Waals surface area (Å²) in [7, 11) is 1.95. The lowest BCUT2D eigenvalue weighted by molar-refractivity contribution is -0.117. The van der Waals surface area contributed by atoms with Gasteiger partial charge in [-0.3, -0.25) is 9.69 Å². The number of nitrogens with one attached hydrogen (secondary N) is 1. The van der Waals surface area contributed by atoms with Crippen LogP contribution in [0.15, 0.2) is 54.6 Å². The SMILES string of the molecule is Cc1ccc(NC(=O)CN(C)Cc2c(C)nn(-c3ccccc3)c2C)cc1. The predicted octanol–water partition coefficient (Wildman–Crippen LogP) is 3.87. The van der Waals surface area contributed by atoms with Crippen molar-refractivity contribution in [3.05, 3.63) is 77.1 Å². The molecule has 0 radical (unpaired) electrons. The molecule has 3 aromatic rings. The number of rotatable bonds is 6. The van der Waals surface area contributed by atoms with Gasteiger partial charge in [-0.2, -0.15) is 5.10 Å². The number of hydrogen-bond donors (Lipinski definition) is 1. The third-order valence-electron chi connectivity index (χ3n) is 4.62. The van der Waals surface area contributed by atoms with Gasteiger partial charge in [-0.05, 0) is 52.1 Å². The minimum atomic E-state index is -0.0212. The molecule has 3 rings (SSSR count). The van der Waals surface area contributed by atoms with E-state index in [1.165, 1.54) is 5.56 Å². The van der Waals surface area contributed by atoms with E-state index in [1.807, 2.05) is 85.1 Å². The highest BCUT2D eigenvalue weighted by Crippen LogP contribution is 2.19. The van der Waals surface area contributed by atoms with Gasteiger partial charge in [0.1, 0.15) is 0 Å². The van der Waals surface area contributed by atoms with Gasteiger partial charge in [-0.25, -0.2) is 4.68 Å². The average molecular weight is 362 g/mol. The molecule has 0 aliphatic heterocycles. The van der Waals surface area contributed by atoms with E-state index in [2.05, 4.69) is 17.3 Å². The topological polar surface area (TPSA) is 50.2 Å². The van der Waals surface area contributed by atoms with Crippen LogP contribution in [-0.4, -0.2) is 34.2 Å². The number of aryl methyl sites for hydroxylation is 2. The van der Waals surface area contributed by atoms with Gasteiger partial charge in [0.2, 0.25) is 5.91 Å². The normalized spacial score (nSPS) is 11.0. The lowest BCUT2D eigenvalue weighted by atomic mass is 10.2. The molecule has 1 heterocycles. The molecule has 0 atom stereocenters. The fourth-order valence-electron chi connectivity index (χ4n) is 3.13. The van der Waals surface area contributed by atoms with Gasteiger partial charge in [-0.15, -0.1) is 0 Å². The molecule has 0 aliphatic rings. The van der Waals surface area contributed by atoms with Crippen LogP contribution in [0.4, 0.5) is 5.69 Å². The second kappa shape index (κ2) is 8.18. The van der Waals surface area contributed by atoms with Crippen molar-refractivity contribution in [3.8, 4) is 5.69 Å². The first kappa shape index (κ1) is 18.9. The summed E-state index contributed by atoms with van der Waals surface area (Å²) >= 11 is 0. The van der Waals surface area contributed by atoms with Crippen molar-refractivity contribution in [1.29, 1.82) is 0 Å². The van der Waals surface area contributed by atoms with E-state index < -0.39 is 0 Å². The summed E-state index contributed by atoms with van der Waals surface area (Å²) in [6, 6.07) is 17.9. The smallest absolute Gasteiger partial charge is 0.238 e. The minimum Gasteiger partial charge on any atom is -0.325 e. The van der Waals surface area contributed by atoms with Crippen LogP contribution in [0.3, 0.4) is 0 Å². The second-order valence-electron chi connectivity index (χ2n) is 6.98. The highest BCUT2D eigenvalue weighted by atomic mass is 16.2. The Morgan fingerprint density at radius 1 is 1.04 bits per heavy atom. The van der Waals surface area contributed by atoms with Gasteiger partial charge in [-0.1, -0.05) is 35.9 Å². The number of aromatic nitrogens is 2. The molecule has 0 unspecified atom stereocenters. The van der Waals surface area contributed by atoms with E-state index in [0.717, 1.165) is 28.3 Å². The molecular weight excluding hydrogens is 336 g/mol. The van der Waals surface area contributed by atoms with E-state index >= 15 is 0 Å². The zero-order chi connectivity index (χ0) is 19.4. The first-order valence-corrected chi connectivity index (χ1v) is 9.09. The van der Waals surface area contributed by atoms with Crippen LogP contribution in [-0.2, 0) is 11.3 Å². The molecular formula is C22H26N4O. The Bertz CT molecular complexity index is 913. The van der Waals surface area contributed by atoms with Crippen LogP contribution < -0.4 is 5.32 Å². The molecule has 0 saturated heterocycles. The summed E-state index contributed by atoms with van der Waals surface area (Å²) in [5, 5.41) is 7.62. The lowest BCUT2D eigenvalue weighted by Crippen LogP contribution is -2.30. The van der Waals surface area contributed by atoms with Crippen molar-refractivity contribution < 1.29 is 4.79 Å². The van der Waals surface area contributed by atoms with Gasteiger partial charge in [0, 0.05) is 23.5 Å². The van der Waals surface area contributed by atoms with Gasteiger partial charge in [0.25, 0.3) is 0 Å².